The van der Waals surface area contributed by atoms with Crippen molar-refractivity contribution in [2.24, 2.45) is 5.73 Å². The Hall–Kier alpha value is -2.07. The van der Waals surface area contributed by atoms with Crippen LogP contribution in [0.1, 0.15) is 11.1 Å². The van der Waals surface area contributed by atoms with Gasteiger partial charge in [-0.15, -0.1) is 0 Å². The first-order chi connectivity index (χ1) is 9.69. The minimum absolute atomic E-state index is 0.380. The highest BCUT2D eigenvalue weighted by atomic mass is 32.1. The Labute approximate surface area is 124 Å². The van der Waals surface area contributed by atoms with Crippen molar-refractivity contribution in [1.29, 1.82) is 0 Å². The first kappa shape index (κ1) is 14.3. The summed E-state index contributed by atoms with van der Waals surface area (Å²) in [6.07, 6.45) is 0.835. The van der Waals surface area contributed by atoms with E-state index in [0.717, 1.165) is 23.5 Å². The summed E-state index contributed by atoms with van der Waals surface area (Å²) in [6, 6.07) is 15.5. The van der Waals surface area contributed by atoms with Crippen LogP contribution in [0.25, 0.3) is 0 Å². The van der Waals surface area contributed by atoms with Crippen molar-refractivity contribution in [2.45, 2.75) is 6.42 Å². The summed E-state index contributed by atoms with van der Waals surface area (Å²) in [6.45, 7) is 0.604. The molecule has 0 saturated heterocycles. The topological polar surface area (TPSA) is 44.5 Å². The monoisotopic (exact) mass is 287 g/mol. The largest absolute Gasteiger partial charge is 0.497 e. The van der Waals surface area contributed by atoms with Gasteiger partial charge in [-0.1, -0.05) is 36.5 Å². The predicted molar refractivity (Wildman–Crippen MR) is 84.5 cm³/mol. The van der Waals surface area contributed by atoms with E-state index in [-0.39, 0.29) is 0 Å². The third kappa shape index (κ3) is 3.96. The number of thiocarbonyl (C=S) groups is 1. The number of hydrogen-bond acceptors (Lipinski definition) is 3. The smallest absolute Gasteiger partial charge is 0.120 e. The molecule has 0 aliphatic heterocycles. The normalized spacial score (nSPS) is 10.1. The first-order valence-corrected chi connectivity index (χ1v) is 6.75. The van der Waals surface area contributed by atoms with E-state index in [9.17, 15) is 0 Å². The molecule has 0 amide bonds. The van der Waals surface area contributed by atoms with Crippen LogP contribution in [0.5, 0.6) is 11.5 Å². The summed E-state index contributed by atoms with van der Waals surface area (Å²) in [5, 5.41) is 0. The molecule has 0 radical (unpaired) electrons. The molecule has 20 heavy (non-hydrogen) atoms. The van der Waals surface area contributed by atoms with Gasteiger partial charge in [0.2, 0.25) is 0 Å². The third-order valence-electron chi connectivity index (χ3n) is 2.94. The molecule has 0 unspecified atom stereocenters. The molecule has 0 aromatic heterocycles. The van der Waals surface area contributed by atoms with Gasteiger partial charge in [0.25, 0.3) is 0 Å². The Morgan fingerprint density at radius 2 is 1.85 bits per heavy atom. The van der Waals surface area contributed by atoms with E-state index in [1.807, 2.05) is 48.5 Å². The highest BCUT2D eigenvalue weighted by Crippen LogP contribution is 2.15. The molecule has 0 saturated carbocycles. The maximum absolute atomic E-state index is 5.71. The third-order valence-corrected chi connectivity index (χ3v) is 3.17. The molecule has 0 spiro atoms. The lowest BCUT2D eigenvalue weighted by molar-refractivity contribution is 0.322. The molecule has 0 heterocycles. The quantitative estimate of drug-likeness (QED) is 0.830. The van der Waals surface area contributed by atoms with Crippen LogP contribution in [0.15, 0.2) is 48.5 Å². The fourth-order valence-electron chi connectivity index (χ4n) is 1.82. The van der Waals surface area contributed by atoms with Gasteiger partial charge in [0.05, 0.1) is 13.7 Å². The molecule has 2 aromatic carbocycles. The fraction of sp³-hybridized carbons (Fsp3) is 0.188. The maximum Gasteiger partial charge on any atom is 0.120 e. The van der Waals surface area contributed by atoms with Crippen molar-refractivity contribution >= 4 is 17.2 Å². The van der Waals surface area contributed by atoms with Gasteiger partial charge in [0.1, 0.15) is 16.5 Å². The lowest BCUT2D eigenvalue weighted by atomic mass is 10.1. The van der Waals surface area contributed by atoms with E-state index in [4.69, 9.17) is 27.4 Å². The van der Waals surface area contributed by atoms with Crippen molar-refractivity contribution in [3.63, 3.8) is 0 Å². The molecule has 0 fully saturated rings. The number of benzene rings is 2. The Kier molecular flexibility index (Phi) is 4.96. The Morgan fingerprint density at radius 3 is 2.50 bits per heavy atom. The van der Waals surface area contributed by atoms with Crippen molar-refractivity contribution < 1.29 is 9.47 Å². The van der Waals surface area contributed by atoms with Crippen LogP contribution in [0.4, 0.5) is 0 Å². The van der Waals surface area contributed by atoms with E-state index in [1.165, 1.54) is 5.56 Å². The van der Waals surface area contributed by atoms with E-state index < -0.39 is 0 Å². The molecule has 2 aromatic rings. The van der Waals surface area contributed by atoms with Gasteiger partial charge in [-0.25, -0.2) is 0 Å². The van der Waals surface area contributed by atoms with Gasteiger partial charge >= 0.3 is 0 Å². The standard InChI is InChI=1S/C16H17NO2S/c1-18-14-7-5-12(6-8-14)9-10-19-15-4-2-3-13(11-15)16(17)20/h2-8,11H,9-10H2,1H3,(H2,17,20). The average molecular weight is 287 g/mol. The second-order valence-corrected chi connectivity index (χ2v) is 4.78. The zero-order chi connectivity index (χ0) is 14.4. The van der Waals surface area contributed by atoms with E-state index in [1.54, 1.807) is 7.11 Å². The van der Waals surface area contributed by atoms with Crippen molar-refractivity contribution in [2.75, 3.05) is 13.7 Å². The van der Waals surface area contributed by atoms with Crippen molar-refractivity contribution in [3.8, 4) is 11.5 Å². The Balaban J connectivity index is 1.88. The van der Waals surface area contributed by atoms with Crippen LogP contribution >= 0.6 is 12.2 Å². The number of hydrogen-bond donors (Lipinski definition) is 1. The van der Waals surface area contributed by atoms with Crippen LogP contribution in [0.3, 0.4) is 0 Å². The summed E-state index contributed by atoms with van der Waals surface area (Å²) in [4.78, 5) is 0.380. The minimum atomic E-state index is 0.380. The molecule has 0 aliphatic carbocycles. The van der Waals surface area contributed by atoms with Crippen LogP contribution in [0.2, 0.25) is 0 Å². The van der Waals surface area contributed by atoms with Crippen molar-refractivity contribution in [3.05, 3.63) is 59.7 Å². The number of nitrogens with two attached hydrogens (primary N) is 1. The summed E-state index contributed by atoms with van der Waals surface area (Å²) in [5.41, 5.74) is 7.62. The lowest BCUT2D eigenvalue weighted by Crippen LogP contribution is -2.09. The van der Waals surface area contributed by atoms with E-state index in [2.05, 4.69) is 0 Å². The SMILES string of the molecule is COc1ccc(CCOc2cccc(C(N)=S)c2)cc1. The molecule has 2 rings (SSSR count). The van der Waals surface area contributed by atoms with Gasteiger partial charge in [-0.3, -0.25) is 0 Å². The second kappa shape index (κ2) is 6.91. The first-order valence-electron chi connectivity index (χ1n) is 6.34. The molecule has 0 bridgehead atoms. The molecule has 4 heteroatoms. The number of ether oxygens (including phenoxy) is 2. The summed E-state index contributed by atoms with van der Waals surface area (Å²) >= 11 is 4.94. The van der Waals surface area contributed by atoms with Crippen LogP contribution in [-0.4, -0.2) is 18.7 Å². The Morgan fingerprint density at radius 1 is 1.10 bits per heavy atom. The van der Waals surface area contributed by atoms with Crippen LogP contribution < -0.4 is 15.2 Å². The highest BCUT2D eigenvalue weighted by Gasteiger charge is 2.00. The Bertz CT molecular complexity index is 581. The zero-order valence-electron chi connectivity index (χ0n) is 11.3. The average Bonchev–Trinajstić information content (AvgIpc) is 2.48. The predicted octanol–water partition coefficient (Wildman–Crippen LogP) is 2.95. The number of methoxy groups -OCH3 is 1. The summed E-state index contributed by atoms with van der Waals surface area (Å²) in [5.74, 6) is 1.64. The highest BCUT2D eigenvalue weighted by molar-refractivity contribution is 7.80. The molecule has 3 nitrogen and oxygen atoms in total. The van der Waals surface area contributed by atoms with Gasteiger partial charge < -0.3 is 15.2 Å². The van der Waals surface area contributed by atoms with Crippen LogP contribution in [-0.2, 0) is 6.42 Å². The van der Waals surface area contributed by atoms with Gasteiger partial charge in [0, 0.05) is 12.0 Å². The summed E-state index contributed by atoms with van der Waals surface area (Å²) < 4.78 is 10.8. The minimum Gasteiger partial charge on any atom is -0.497 e. The van der Waals surface area contributed by atoms with Gasteiger partial charge in [-0.05, 0) is 29.8 Å². The lowest BCUT2D eigenvalue weighted by Gasteiger charge is -2.08. The molecule has 2 N–H and O–H groups in total. The zero-order valence-corrected chi connectivity index (χ0v) is 12.2. The van der Waals surface area contributed by atoms with Gasteiger partial charge in [-0.2, -0.15) is 0 Å². The molecular formula is C16H17NO2S. The molecule has 0 aliphatic rings. The maximum atomic E-state index is 5.71. The molecule has 104 valence electrons. The van der Waals surface area contributed by atoms with Crippen molar-refractivity contribution in [1.82, 2.24) is 0 Å². The number of rotatable bonds is 6. The van der Waals surface area contributed by atoms with Crippen LogP contribution in [0, 0.1) is 0 Å². The van der Waals surface area contributed by atoms with Gasteiger partial charge in [0.15, 0.2) is 0 Å². The molecule has 0 atom stereocenters. The fourth-order valence-corrected chi connectivity index (χ4v) is 1.95. The second-order valence-electron chi connectivity index (χ2n) is 4.34. The van der Waals surface area contributed by atoms with E-state index >= 15 is 0 Å². The molecular weight excluding hydrogens is 270 g/mol. The summed E-state index contributed by atoms with van der Waals surface area (Å²) in [7, 11) is 1.66. The van der Waals surface area contributed by atoms with E-state index in [0.29, 0.717) is 11.6 Å².